The number of fused-ring (bicyclic) bond motifs is 1. The first-order chi connectivity index (χ1) is 12.5. The first kappa shape index (κ1) is 17.0. The van der Waals surface area contributed by atoms with Crippen molar-refractivity contribution >= 4 is 27.5 Å². The number of H-pyrrole nitrogens is 1. The predicted molar refractivity (Wildman–Crippen MR) is 103 cm³/mol. The largest absolute Gasteiger partial charge is 0.331 e. The fourth-order valence-electron chi connectivity index (χ4n) is 3.16. The number of thiophene rings is 1. The number of carbonyl (C=O) groups excluding carboxylic acids is 1. The number of carbonyl (C=O) groups is 1. The van der Waals surface area contributed by atoms with E-state index in [1.165, 1.54) is 11.3 Å². The molecule has 1 N–H and O–H groups in total. The molecule has 3 aromatic rings. The molecule has 1 aliphatic carbocycles. The molecule has 0 saturated heterocycles. The van der Waals surface area contributed by atoms with Crippen LogP contribution >= 0.6 is 11.3 Å². The Morgan fingerprint density at radius 1 is 1.23 bits per heavy atom. The van der Waals surface area contributed by atoms with Crippen LogP contribution in [0.1, 0.15) is 34.7 Å². The number of hydrogen-bond donors (Lipinski definition) is 1. The summed E-state index contributed by atoms with van der Waals surface area (Å²) in [4.78, 5) is 36.4. The van der Waals surface area contributed by atoms with Gasteiger partial charge in [0.1, 0.15) is 10.7 Å². The number of benzene rings is 1. The molecule has 1 aliphatic rings. The van der Waals surface area contributed by atoms with Crippen LogP contribution in [-0.4, -0.2) is 20.8 Å². The summed E-state index contributed by atoms with van der Waals surface area (Å²) in [6, 6.07) is 9.93. The highest BCUT2D eigenvalue weighted by atomic mass is 32.1. The van der Waals surface area contributed by atoms with E-state index < -0.39 is 0 Å². The summed E-state index contributed by atoms with van der Waals surface area (Å²) in [6.07, 6.45) is 1.91. The van der Waals surface area contributed by atoms with Gasteiger partial charge in [-0.2, -0.15) is 0 Å². The molecule has 1 saturated carbocycles. The molecule has 0 aliphatic heterocycles. The molecule has 2 aromatic heterocycles. The minimum Gasteiger partial charge on any atom is -0.331 e. The number of aryl methyl sites for hydroxylation is 2. The predicted octanol–water partition coefficient (Wildman–Crippen LogP) is 3.54. The molecular weight excluding hydrogens is 346 g/mol. The second-order valence-electron chi connectivity index (χ2n) is 6.93. The van der Waals surface area contributed by atoms with E-state index in [1.807, 2.05) is 49.1 Å². The van der Waals surface area contributed by atoms with Gasteiger partial charge in [0.2, 0.25) is 5.91 Å². The standard InChI is InChI=1S/C20H21N3O2S/c1-12-13(2)26-19-17(12)18(24)21-16(22-19)11-23(20(25)15-8-9-15)10-14-6-4-3-5-7-14/h3-7,15H,8-11H2,1-2H3,(H,21,22,24). The fourth-order valence-corrected chi connectivity index (χ4v) is 4.21. The third-order valence-corrected chi connectivity index (χ3v) is 5.98. The van der Waals surface area contributed by atoms with E-state index in [0.29, 0.717) is 24.3 Å². The fraction of sp³-hybridized carbons (Fsp3) is 0.350. The van der Waals surface area contributed by atoms with E-state index >= 15 is 0 Å². The lowest BCUT2D eigenvalue weighted by Crippen LogP contribution is -2.32. The Kier molecular flexibility index (Phi) is 4.36. The highest BCUT2D eigenvalue weighted by molar-refractivity contribution is 7.18. The summed E-state index contributed by atoms with van der Waals surface area (Å²) in [5.41, 5.74) is 1.94. The number of aromatic nitrogens is 2. The third kappa shape index (κ3) is 3.29. The Balaban J connectivity index is 1.65. The van der Waals surface area contributed by atoms with Crippen molar-refractivity contribution in [3.05, 3.63) is 62.5 Å². The van der Waals surface area contributed by atoms with Crippen molar-refractivity contribution in [1.82, 2.24) is 14.9 Å². The van der Waals surface area contributed by atoms with Crippen LogP contribution < -0.4 is 5.56 Å². The average Bonchev–Trinajstić information content (AvgIpc) is 3.42. The third-order valence-electron chi connectivity index (χ3n) is 4.88. The van der Waals surface area contributed by atoms with Gasteiger partial charge in [0.05, 0.1) is 11.9 Å². The Morgan fingerprint density at radius 3 is 2.65 bits per heavy atom. The molecule has 6 heteroatoms. The van der Waals surface area contributed by atoms with Crippen LogP contribution in [-0.2, 0) is 17.9 Å². The van der Waals surface area contributed by atoms with Crippen molar-refractivity contribution < 1.29 is 4.79 Å². The summed E-state index contributed by atoms with van der Waals surface area (Å²) >= 11 is 1.53. The summed E-state index contributed by atoms with van der Waals surface area (Å²) in [5, 5.41) is 0.666. The van der Waals surface area contributed by atoms with Gasteiger partial charge in [-0.15, -0.1) is 11.3 Å². The summed E-state index contributed by atoms with van der Waals surface area (Å²) < 4.78 is 0. The van der Waals surface area contributed by atoms with Crippen LogP contribution in [0.15, 0.2) is 35.1 Å². The van der Waals surface area contributed by atoms with Crippen LogP contribution in [0, 0.1) is 19.8 Å². The van der Waals surface area contributed by atoms with E-state index in [-0.39, 0.29) is 17.4 Å². The van der Waals surface area contributed by atoms with E-state index in [2.05, 4.69) is 9.97 Å². The lowest BCUT2D eigenvalue weighted by atomic mass is 10.2. The molecule has 0 unspecified atom stereocenters. The van der Waals surface area contributed by atoms with Crippen molar-refractivity contribution in [3.63, 3.8) is 0 Å². The Morgan fingerprint density at radius 2 is 1.96 bits per heavy atom. The molecule has 0 spiro atoms. The van der Waals surface area contributed by atoms with Gasteiger partial charge >= 0.3 is 0 Å². The van der Waals surface area contributed by atoms with E-state index in [1.54, 1.807) is 0 Å². The molecular formula is C20H21N3O2S. The lowest BCUT2D eigenvalue weighted by Gasteiger charge is -2.22. The summed E-state index contributed by atoms with van der Waals surface area (Å²) in [6.45, 7) is 4.80. The highest BCUT2D eigenvalue weighted by Gasteiger charge is 2.33. The van der Waals surface area contributed by atoms with Crippen LogP contribution in [0.4, 0.5) is 0 Å². The minimum absolute atomic E-state index is 0.120. The molecule has 1 aromatic carbocycles. The van der Waals surface area contributed by atoms with Crippen LogP contribution in [0.2, 0.25) is 0 Å². The van der Waals surface area contributed by atoms with Crippen molar-refractivity contribution in [2.24, 2.45) is 5.92 Å². The molecule has 5 nitrogen and oxygen atoms in total. The smallest absolute Gasteiger partial charge is 0.259 e. The molecule has 0 radical (unpaired) electrons. The zero-order valence-corrected chi connectivity index (χ0v) is 15.7. The number of nitrogens with one attached hydrogen (secondary N) is 1. The normalized spacial score (nSPS) is 13.9. The molecule has 4 rings (SSSR count). The van der Waals surface area contributed by atoms with Gasteiger partial charge in [-0.1, -0.05) is 30.3 Å². The lowest BCUT2D eigenvalue weighted by molar-refractivity contribution is -0.133. The van der Waals surface area contributed by atoms with Crippen LogP contribution in [0.3, 0.4) is 0 Å². The second-order valence-corrected chi connectivity index (χ2v) is 8.13. The number of amides is 1. The van der Waals surface area contributed by atoms with Gasteiger partial charge in [-0.25, -0.2) is 4.98 Å². The molecule has 134 valence electrons. The summed E-state index contributed by atoms with van der Waals surface area (Å²) in [7, 11) is 0. The highest BCUT2D eigenvalue weighted by Crippen LogP contribution is 2.32. The van der Waals surface area contributed by atoms with Gasteiger partial charge in [-0.05, 0) is 37.8 Å². The van der Waals surface area contributed by atoms with Gasteiger partial charge in [0.25, 0.3) is 5.56 Å². The maximum absolute atomic E-state index is 12.7. The topological polar surface area (TPSA) is 66.1 Å². The summed E-state index contributed by atoms with van der Waals surface area (Å²) in [5.74, 6) is 0.823. The number of hydrogen-bond acceptors (Lipinski definition) is 4. The zero-order valence-electron chi connectivity index (χ0n) is 14.9. The first-order valence-electron chi connectivity index (χ1n) is 8.84. The first-order valence-corrected chi connectivity index (χ1v) is 9.66. The van der Waals surface area contributed by atoms with Crippen LogP contribution in [0.5, 0.6) is 0 Å². The van der Waals surface area contributed by atoms with Gasteiger partial charge in [-0.3, -0.25) is 9.59 Å². The van der Waals surface area contributed by atoms with Gasteiger partial charge < -0.3 is 9.88 Å². The van der Waals surface area contributed by atoms with Crippen molar-refractivity contribution in [3.8, 4) is 0 Å². The van der Waals surface area contributed by atoms with Crippen molar-refractivity contribution in [2.45, 2.75) is 39.8 Å². The number of rotatable bonds is 5. The van der Waals surface area contributed by atoms with E-state index in [4.69, 9.17) is 0 Å². The molecule has 0 bridgehead atoms. The van der Waals surface area contributed by atoms with Crippen LogP contribution in [0.25, 0.3) is 10.2 Å². The molecule has 1 amide bonds. The maximum Gasteiger partial charge on any atom is 0.259 e. The SMILES string of the molecule is Cc1sc2nc(CN(Cc3ccccc3)C(=O)C3CC3)[nH]c(=O)c2c1C. The number of aromatic amines is 1. The Bertz CT molecular complexity index is 1020. The van der Waals surface area contributed by atoms with E-state index in [0.717, 1.165) is 33.7 Å². The molecule has 26 heavy (non-hydrogen) atoms. The van der Waals surface area contributed by atoms with Gasteiger partial charge in [0, 0.05) is 17.3 Å². The van der Waals surface area contributed by atoms with Crippen molar-refractivity contribution in [2.75, 3.05) is 0 Å². The second kappa shape index (κ2) is 6.68. The monoisotopic (exact) mass is 367 g/mol. The average molecular weight is 367 g/mol. The molecule has 1 fully saturated rings. The molecule has 2 heterocycles. The van der Waals surface area contributed by atoms with Crippen molar-refractivity contribution in [1.29, 1.82) is 0 Å². The quantitative estimate of drug-likeness (QED) is 0.750. The maximum atomic E-state index is 12.7. The number of nitrogens with zero attached hydrogens (tertiary/aromatic N) is 2. The Hall–Kier alpha value is -2.47. The van der Waals surface area contributed by atoms with E-state index in [9.17, 15) is 9.59 Å². The Labute approximate surface area is 155 Å². The minimum atomic E-state index is -0.120. The molecule has 0 atom stereocenters. The van der Waals surface area contributed by atoms with Gasteiger partial charge in [0.15, 0.2) is 0 Å². The zero-order chi connectivity index (χ0) is 18.3.